The lowest BCUT2D eigenvalue weighted by atomic mass is 9.85. The maximum atomic E-state index is 13.3. The average molecular weight is 422 g/mol. The molecule has 0 radical (unpaired) electrons. The third-order valence-corrected chi connectivity index (χ3v) is 5.31. The third kappa shape index (κ3) is 4.82. The number of ether oxygens (including phenoxy) is 2. The molecule has 1 aliphatic rings. The van der Waals surface area contributed by atoms with Crippen LogP contribution in [0.1, 0.15) is 26.2 Å². The lowest BCUT2D eigenvalue weighted by Crippen LogP contribution is -2.27. The molecule has 1 aromatic heterocycles. The number of nitrogens with one attached hydrogen (secondary N) is 1. The van der Waals surface area contributed by atoms with E-state index in [2.05, 4.69) is 10.3 Å². The number of carbonyl (C=O) groups is 2. The van der Waals surface area contributed by atoms with Crippen LogP contribution in [-0.4, -0.2) is 30.1 Å². The zero-order chi connectivity index (χ0) is 21.8. The molecule has 0 unspecified atom stereocenters. The molecule has 1 aliphatic carbocycles. The fourth-order valence-electron chi connectivity index (χ4n) is 3.41. The molecule has 0 spiro atoms. The van der Waals surface area contributed by atoms with Crippen LogP contribution in [0.3, 0.4) is 0 Å². The van der Waals surface area contributed by atoms with Crippen molar-refractivity contribution in [2.24, 2.45) is 5.92 Å². The second-order valence-corrected chi connectivity index (χ2v) is 7.46. The normalized spacial score (nSPS) is 13.5. The molecule has 1 N–H and O–H groups in total. The first-order valence-electron chi connectivity index (χ1n) is 10.3. The Morgan fingerprint density at radius 2 is 1.90 bits per heavy atom. The number of rotatable bonds is 7. The van der Waals surface area contributed by atoms with Crippen molar-refractivity contribution in [2.45, 2.75) is 26.2 Å². The summed E-state index contributed by atoms with van der Waals surface area (Å²) in [4.78, 5) is 28.8. The minimum atomic E-state index is -0.481. The predicted molar refractivity (Wildman–Crippen MR) is 115 cm³/mol. The van der Waals surface area contributed by atoms with E-state index >= 15 is 0 Å². The zero-order valence-electron chi connectivity index (χ0n) is 17.2. The van der Waals surface area contributed by atoms with Crippen molar-refractivity contribution < 1.29 is 23.5 Å². The standard InChI is InChI=1S/C24H23FN2O4/c1-2-30-23(28)14-31-22-13-21(15-6-8-17(25)9-7-15)27-20-11-10-18(12-19(20)22)26-24(29)16-4-3-5-16/h6-13,16H,2-5,14H2,1H3,(H,26,29). The molecule has 1 heterocycles. The van der Waals surface area contributed by atoms with E-state index in [1.807, 2.05) is 0 Å². The smallest absolute Gasteiger partial charge is 0.344 e. The van der Waals surface area contributed by atoms with Crippen molar-refractivity contribution >= 4 is 28.5 Å². The van der Waals surface area contributed by atoms with Crippen molar-refractivity contribution in [1.29, 1.82) is 0 Å². The third-order valence-electron chi connectivity index (χ3n) is 5.31. The van der Waals surface area contributed by atoms with E-state index in [4.69, 9.17) is 9.47 Å². The molecule has 2 aromatic carbocycles. The highest BCUT2D eigenvalue weighted by molar-refractivity contribution is 5.97. The van der Waals surface area contributed by atoms with E-state index in [0.29, 0.717) is 33.6 Å². The summed E-state index contributed by atoms with van der Waals surface area (Å²) in [6.07, 6.45) is 2.91. The van der Waals surface area contributed by atoms with Crippen LogP contribution >= 0.6 is 0 Å². The Kier molecular flexibility index (Phi) is 6.11. The topological polar surface area (TPSA) is 77.5 Å². The summed E-state index contributed by atoms with van der Waals surface area (Å²) in [5.41, 5.74) is 2.56. The lowest BCUT2D eigenvalue weighted by Gasteiger charge is -2.24. The van der Waals surface area contributed by atoms with Gasteiger partial charge in [-0.25, -0.2) is 14.2 Å². The molecule has 160 valence electrons. The van der Waals surface area contributed by atoms with Crippen LogP contribution in [0.15, 0.2) is 48.5 Å². The van der Waals surface area contributed by atoms with Crippen LogP contribution in [0.25, 0.3) is 22.2 Å². The number of nitrogens with zero attached hydrogens (tertiary/aromatic N) is 1. The second-order valence-electron chi connectivity index (χ2n) is 7.46. The SMILES string of the molecule is CCOC(=O)COc1cc(-c2ccc(F)cc2)nc2ccc(NC(=O)C3CCC3)cc12. The number of benzene rings is 2. The first-order valence-corrected chi connectivity index (χ1v) is 10.3. The minimum Gasteiger partial charge on any atom is -0.481 e. The van der Waals surface area contributed by atoms with Gasteiger partial charge in [-0.1, -0.05) is 6.42 Å². The molecule has 7 heteroatoms. The Morgan fingerprint density at radius 3 is 2.58 bits per heavy atom. The fraction of sp³-hybridized carbons (Fsp3) is 0.292. The number of amides is 1. The van der Waals surface area contributed by atoms with Gasteiger partial charge in [-0.15, -0.1) is 0 Å². The Labute approximate surface area is 179 Å². The van der Waals surface area contributed by atoms with Crippen molar-refractivity contribution in [3.05, 3.63) is 54.3 Å². The van der Waals surface area contributed by atoms with E-state index < -0.39 is 5.97 Å². The van der Waals surface area contributed by atoms with Gasteiger partial charge < -0.3 is 14.8 Å². The quantitative estimate of drug-likeness (QED) is 0.558. The van der Waals surface area contributed by atoms with Gasteiger partial charge in [0.15, 0.2) is 6.61 Å². The van der Waals surface area contributed by atoms with Gasteiger partial charge in [0.1, 0.15) is 11.6 Å². The summed E-state index contributed by atoms with van der Waals surface area (Å²) in [7, 11) is 0. The van der Waals surface area contributed by atoms with Crippen LogP contribution in [0, 0.1) is 11.7 Å². The Balaban J connectivity index is 1.69. The lowest BCUT2D eigenvalue weighted by molar-refractivity contribution is -0.145. The maximum absolute atomic E-state index is 13.3. The molecule has 0 bridgehead atoms. The molecule has 31 heavy (non-hydrogen) atoms. The van der Waals surface area contributed by atoms with Gasteiger partial charge in [0.2, 0.25) is 5.91 Å². The molecule has 0 atom stereocenters. The predicted octanol–water partition coefficient (Wildman–Crippen LogP) is 4.72. The zero-order valence-corrected chi connectivity index (χ0v) is 17.2. The van der Waals surface area contributed by atoms with E-state index in [0.717, 1.165) is 19.3 Å². The summed E-state index contributed by atoms with van der Waals surface area (Å²) >= 11 is 0. The second kappa shape index (κ2) is 9.12. The van der Waals surface area contributed by atoms with Gasteiger partial charge >= 0.3 is 5.97 Å². The van der Waals surface area contributed by atoms with Gasteiger partial charge in [-0.2, -0.15) is 0 Å². The highest BCUT2D eigenvalue weighted by Crippen LogP contribution is 2.33. The number of carbonyl (C=O) groups excluding carboxylic acids is 2. The summed E-state index contributed by atoms with van der Waals surface area (Å²) in [6.45, 7) is 1.73. The monoisotopic (exact) mass is 422 g/mol. The molecule has 1 saturated carbocycles. The van der Waals surface area contributed by atoms with E-state index in [1.165, 1.54) is 12.1 Å². The molecule has 1 amide bonds. The fourth-order valence-corrected chi connectivity index (χ4v) is 3.41. The number of fused-ring (bicyclic) bond motifs is 1. The number of anilines is 1. The number of aromatic nitrogens is 1. The molecule has 4 rings (SSSR count). The van der Waals surface area contributed by atoms with Crippen LogP contribution in [-0.2, 0) is 14.3 Å². The number of pyridine rings is 1. The van der Waals surface area contributed by atoms with Crippen LogP contribution in [0.2, 0.25) is 0 Å². The molecule has 3 aromatic rings. The number of halogens is 1. The summed E-state index contributed by atoms with van der Waals surface area (Å²) in [6, 6.07) is 13.0. The first-order chi connectivity index (χ1) is 15.0. The van der Waals surface area contributed by atoms with Crippen molar-refractivity contribution in [2.75, 3.05) is 18.5 Å². The Bertz CT molecular complexity index is 1110. The number of hydrogen-bond donors (Lipinski definition) is 1. The number of esters is 1. The van der Waals surface area contributed by atoms with E-state index in [-0.39, 0.29) is 30.9 Å². The molecule has 0 saturated heterocycles. The Morgan fingerprint density at radius 1 is 1.13 bits per heavy atom. The first kappa shape index (κ1) is 20.8. The Hall–Kier alpha value is -3.48. The highest BCUT2D eigenvalue weighted by atomic mass is 19.1. The van der Waals surface area contributed by atoms with Crippen LogP contribution in [0.4, 0.5) is 10.1 Å². The van der Waals surface area contributed by atoms with Gasteiger partial charge in [-0.3, -0.25) is 4.79 Å². The molecule has 0 aliphatic heterocycles. The van der Waals surface area contributed by atoms with Gasteiger partial charge in [-0.05, 0) is 62.2 Å². The van der Waals surface area contributed by atoms with Crippen LogP contribution < -0.4 is 10.1 Å². The number of hydrogen-bond acceptors (Lipinski definition) is 5. The van der Waals surface area contributed by atoms with Crippen molar-refractivity contribution in [1.82, 2.24) is 4.98 Å². The van der Waals surface area contributed by atoms with E-state index in [1.54, 1.807) is 43.3 Å². The maximum Gasteiger partial charge on any atom is 0.344 e. The van der Waals surface area contributed by atoms with Gasteiger partial charge in [0, 0.05) is 28.6 Å². The summed E-state index contributed by atoms with van der Waals surface area (Å²) < 4.78 is 24.0. The van der Waals surface area contributed by atoms with Gasteiger partial charge in [0.05, 0.1) is 17.8 Å². The minimum absolute atomic E-state index is 0.00971. The van der Waals surface area contributed by atoms with Crippen molar-refractivity contribution in [3.63, 3.8) is 0 Å². The largest absolute Gasteiger partial charge is 0.481 e. The summed E-state index contributed by atoms with van der Waals surface area (Å²) in [5.74, 6) is -0.317. The average Bonchev–Trinajstić information content (AvgIpc) is 2.71. The molecule has 6 nitrogen and oxygen atoms in total. The van der Waals surface area contributed by atoms with Crippen LogP contribution in [0.5, 0.6) is 5.75 Å². The molecular weight excluding hydrogens is 399 g/mol. The highest BCUT2D eigenvalue weighted by Gasteiger charge is 2.25. The van der Waals surface area contributed by atoms with Gasteiger partial charge in [0.25, 0.3) is 0 Å². The molecular formula is C24H23FN2O4. The van der Waals surface area contributed by atoms with E-state index in [9.17, 15) is 14.0 Å². The molecule has 1 fully saturated rings. The van der Waals surface area contributed by atoms with Crippen molar-refractivity contribution in [3.8, 4) is 17.0 Å². The summed E-state index contributed by atoms with van der Waals surface area (Å²) in [5, 5.41) is 3.60.